The van der Waals surface area contributed by atoms with Crippen LogP contribution in [0.15, 0.2) is 36.4 Å². The number of ether oxygens (including phenoxy) is 4. The van der Waals surface area contributed by atoms with Gasteiger partial charge >= 0.3 is 7.82 Å². The molecule has 2 aromatic rings. The molecular formula is C34H39N4O10P. The van der Waals surface area contributed by atoms with Crippen molar-refractivity contribution in [3.63, 3.8) is 0 Å². The third-order valence-corrected chi connectivity index (χ3v) is 10.3. The molecule has 0 saturated carbocycles. The predicted molar refractivity (Wildman–Crippen MR) is 171 cm³/mol. The second kappa shape index (κ2) is 13.4. The van der Waals surface area contributed by atoms with E-state index in [0.717, 1.165) is 0 Å². The maximum absolute atomic E-state index is 13.1. The SMILES string of the molecule is CC1(C)Oc2ccc(C#N)cc2C(N2CCCC2=O)C1OCOP(=O)(O)OCOC1C(N2CCCC2=O)c2cc(C#N)ccc2OC1(C)C. The molecule has 2 amide bonds. The third kappa shape index (κ3) is 6.90. The normalized spacial score (nSPS) is 26.5. The minimum absolute atomic E-state index is 0.0751. The number of benzene rings is 2. The summed E-state index contributed by atoms with van der Waals surface area (Å²) in [6.45, 7) is 6.69. The van der Waals surface area contributed by atoms with Gasteiger partial charge in [0.15, 0.2) is 13.6 Å². The van der Waals surface area contributed by atoms with E-state index in [1.54, 1.807) is 73.9 Å². The third-order valence-electron chi connectivity index (χ3n) is 9.42. The molecule has 4 heterocycles. The first-order chi connectivity index (χ1) is 23.2. The minimum atomic E-state index is -4.76. The molecule has 4 aliphatic rings. The maximum Gasteiger partial charge on any atom is 0.476 e. The Balaban J connectivity index is 1.15. The Morgan fingerprint density at radius 2 is 1.20 bits per heavy atom. The van der Waals surface area contributed by atoms with Gasteiger partial charge in [0.05, 0.1) is 35.3 Å². The number of nitrogens with zero attached hydrogens (tertiary/aromatic N) is 4. The molecule has 1 N–H and O–H groups in total. The van der Waals surface area contributed by atoms with Crippen LogP contribution < -0.4 is 9.47 Å². The molecule has 0 radical (unpaired) electrons. The lowest BCUT2D eigenvalue weighted by Gasteiger charge is -2.47. The minimum Gasteiger partial charge on any atom is -0.485 e. The molecule has 15 heteroatoms. The summed E-state index contributed by atoms with van der Waals surface area (Å²) in [5, 5.41) is 19.1. The summed E-state index contributed by atoms with van der Waals surface area (Å²) in [5.41, 5.74) is -0.0302. The van der Waals surface area contributed by atoms with Crippen molar-refractivity contribution in [3.8, 4) is 23.6 Å². The average molecular weight is 695 g/mol. The number of nitriles is 2. The number of carbonyl (C=O) groups is 2. The van der Waals surface area contributed by atoms with E-state index in [1.165, 1.54) is 0 Å². The van der Waals surface area contributed by atoms with Crippen molar-refractivity contribution in [2.75, 3.05) is 26.7 Å². The summed E-state index contributed by atoms with van der Waals surface area (Å²) in [6, 6.07) is 12.9. The monoisotopic (exact) mass is 694 g/mol. The number of phosphoric acid groups is 1. The summed E-state index contributed by atoms with van der Waals surface area (Å²) in [6.07, 6.45) is 0.374. The van der Waals surface area contributed by atoms with E-state index >= 15 is 0 Å². The van der Waals surface area contributed by atoms with Gasteiger partial charge in [0, 0.05) is 37.1 Å². The molecule has 0 bridgehead atoms. The van der Waals surface area contributed by atoms with Crippen molar-refractivity contribution < 1.29 is 47.0 Å². The fraction of sp³-hybridized carbons (Fsp3) is 0.529. The maximum atomic E-state index is 13.1. The molecule has 4 unspecified atom stereocenters. The van der Waals surface area contributed by atoms with Crippen LogP contribution in [0, 0.1) is 22.7 Å². The lowest BCUT2D eigenvalue weighted by atomic mass is 9.85. The van der Waals surface area contributed by atoms with Crippen LogP contribution in [0.4, 0.5) is 0 Å². The van der Waals surface area contributed by atoms with Gasteiger partial charge in [-0.2, -0.15) is 10.5 Å². The summed E-state index contributed by atoms with van der Waals surface area (Å²) in [7, 11) is -4.76. The zero-order chi connectivity index (χ0) is 35.1. The Morgan fingerprint density at radius 3 is 1.55 bits per heavy atom. The van der Waals surface area contributed by atoms with Gasteiger partial charge in [-0.1, -0.05) is 0 Å². The fourth-order valence-electron chi connectivity index (χ4n) is 7.20. The van der Waals surface area contributed by atoms with Crippen LogP contribution in [0.1, 0.15) is 87.7 Å². The summed E-state index contributed by atoms with van der Waals surface area (Å²) < 4.78 is 48.0. The molecule has 4 aliphatic heterocycles. The van der Waals surface area contributed by atoms with Crippen LogP contribution in [0.25, 0.3) is 0 Å². The number of amides is 2. The lowest BCUT2D eigenvalue weighted by Crippen LogP contribution is -2.55. The number of hydrogen-bond acceptors (Lipinski definition) is 11. The number of hydrogen-bond donors (Lipinski definition) is 1. The summed E-state index contributed by atoms with van der Waals surface area (Å²) >= 11 is 0. The molecule has 6 rings (SSSR count). The first-order valence-corrected chi connectivity index (χ1v) is 17.6. The van der Waals surface area contributed by atoms with Crippen LogP contribution >= 0.6 is 7.82 Å². The highest BCUT2D eigenvalue weighted by Crippen LogP contribution is 2.49. The van der Waals surface area contributed by atoms with Crippen LogP contribution in [-0.4, -0.2) is 76.6 Å². The second-order valence-electron chi connectivity index (χ2n) is 13.5. The molecule has 0 aliphatic carbocycles. The molecule has 2 fully saturated rings. The highest BCUT2D eigenvalue weighted by molar-refractivity contribution is 7.47. The Kier molecular flexibility index (Phi) is 9.50. The zero-order valence-electron chi connectivity index (χ0n) is 27.8. The van der Waals surface area contributed by atoms with E-state index in [1.807, 2.05) is 0 Å². The molecule has 2 aromatic carbocycles. The summed E-state index contributed by atoms with van der Waals surface area (Å²) in [4.78, 5) is 39.8. The van der Waals surface area contributed by atoms with Crippen LogP contribution in [-0.2, 0) is 32.7 Å². The molecule has 0 aromatic heterocycles. The van der Waals surface area contributed by atoms with E-state index < -0.39 is 56.9 Å². The van der Waals surface area contributed by atoms with Crippen molar-refractivity contribution in [3.05, 3.63) is 58.7 Å². The molecule has 49 heavy (non-hydrogen) atoms. The van der Waals surface area contributed by atoms with Crippen molar-refractivity contribution >= 4 is 19.6 Å². The van der Waals surface area contributed by atoms with E-state index in [9.17, 15) is 29.6 Å². The topological polar surface area (TPSA) is 181 Å². The van der Waals surface area contributed by atoms with Gasteiger partial charge in [0.1, 0.15) is 34.9 Å². The lowest BCUT2D eigenvalue weighted by molar-refractivity contribution is -0.175. The van der Waals surface area contributed by atoms with Crippen molar-refractivity contribution in [2.45, 2.75) is 88.9 Å². The Bertz CT molecular complexity index is 1640. The van der Waals surface area contributed by atoms with Gasteiger partial charge in [-0.25, -0.2) is 4.57 Å². The zero-order valence-corrected chi connectivity index (χ0v) is 28.7. The first-order valence-electron chi connectivity index (χ1n) is 16.1. The average Bonchev–Trinajstić information content (AvgIpc) is 3.67. The Morgan fingerprint density at radius 1 is 0.796 bits per heavy atom. The molecule has 2 saturated heterocycles. The number of likely N-dealkylation sites (tertiary alicyclic amines) is 2. The van der Waals surface area contributed by atoms with Crippen molar-refractivity contribution in [1.29, 1.82) is 10.5 Å². The van der Waals surface area contributed by atoms with Crippen LogP contribution in [0.2, 0.25) is 0 Å². The van der Waals surface area contributed by atoms with Gasteiger partial charge in [-0.3, -0.25) is 18.6 Å². The number of fused-ring (bicyclic) bond motifs is 2. The van der Waals surface area contributed by atoms with Gasteiger partial charge in [-0.05, 0) is 76.9 Å². The summed E-state index contributed by atoms with van der Waals surface area (Å²) in [5.74, 6) is 0.873. The van der Waals surface area contributed by atoms with Crippen LogP contribution in [0.5, 0.6) is 11.5 Å². The molecule has 260 valence electrons. The quantitative estimate of drug-likeness (QED) is 0.270. The second-order valence-corrected chi connectivity index (χ2v) is 15.0. The van der Waals surface area contributed by atoms with E-state index in [4.69, 9.17) is 28.0 Å². The first kappa shape index (κ1) is 34.8. The van der Waals surface area contributed by atoms with Crippen LogP contribution in [0.3, 0.4) is 0 Å². The van der Waals surface area contributed by atoms with Crippen molar-refractivity contribution in [2.24, 2.45) is 0 Å². The van der Waals surface area contributed by atoms with E-state index in [-0.39, 0.29) is 11.8 Å². The molecule has 4 atom stereocenters. The van der Waals surface area contributed by atoms with Gasteiger partial charge in [-0.15, -0.1) is 0 Å². The van der Waals surface area contributed by atoms with E-state index in [2.05, 4.69) is 12.1 Å². The number of phosphoric ester groups is 1. The molecular weight excluding hydrogens is 655 g/mol. The van der Waals surface area contributed by atoms with Gasteiger partial charge < -0.3 is 33.6 Å². The number of rotatable bonds is 10. The Hall–Kier alpha value is -4.01. The highest BCUT2D eigenvalue weighted by Gasteiger charge is 2.51. The fourth-order valence-corrected chi connectivity index (χ4v) is 7.67. The largest absolute Gasteiger partial charge is 0.485 e. The van der Waals surface area contributed by atoms with Crippen molar-refractivity contribution in [1.82, 2.24) is 9.80 Å². The number of carbonyl (C=O) groups excluding carboxylic acids is 2. The standard InChI is InChI=1S/C34H39N4O10P/c1-33(2)31(29(37-13-5-7-27(37)39)23-15-21(17-35)9-11-25(23)47-33)43-19-45-49(41,42)46-20-44-32-30(38-14-6-8-28(38)40)24-16-22(18-36)10-12-26(24)48-34(32,3)4/h9-12,15-16,29-32H,5-8,13-14,19-20H2,1-4H3,(H,41,42). The molecule has 14 nitrogen and oxygen atoms in total. The van der Waals surface area contributed by atoms with E-state index in [0.29, 0.717) is 72.5 Å². The predicted octanol–water partition coefficient (Wildman–Crippen LogP) is 4.62. The molecule has 0 spiro atoms. The smallest absolute Gasteiger partial charge is 0.476 e. The Labute approximate surface area is 284 Å². The van der Waals surface area contributed by atoms with Gasteiger partial charge in [0.2, 0.25) is 11.8 Å². The van der Waals surface area contributed by atoms with Gasteiger partial charge in [0.25, 0.3) is 0 Å². The highest BCUT2D eigenvalue weighted by atomic mass is 31.2.